The van der Waals surface area contributed by atoms with Gasteiger partial charge in [-0.3, -0.25) is 0 Å². The van der Waals surface area contributed by atoms with Crippen molar-refractivity contribution >= 4 is 31.9 Å². The predicted molar refractivity (Wildman–Crippen MR) is 91.7 cm³/mol. The van der Waals surface area contributed by atoms with Gasteiger partial charge in [0.25, 0.3) is 0 Å². The van der Waals surface area contributed by atoms with Crippen LogP contribution in [-0.2, 0) is 6.42 Å². The zero-order chi connectivity index (χ0) is 14.8. The SMILES string of the molecule is Cc1cccc(CC(Br)c2cc3c(cc2Br)OCCO3)c1. The number of halogens is 2. The summed E-state index contributed by atoms with van der Waals surface area (Å²) in [6.07, 6.45) is 0.930. The molecule has 0 amide bonds. The van der Waals surface area contributed by atoms with Gasteiger partial charge >= 0.3 is 0 Å². The molecule has 4 heteroatoms. The number of rotatable bonds is 3. The molecule has 1 unspecified atom stereocenters. The first-order chi connectivity index (χ1) is 10.1. The summed E-state index contributed by atoms with van der Waals surface area (Å²) < 4.78 is 12.3. The molecular weight excluding hydrogens is 396 g/mol. The van der Waals surface area contributed by atoms with Crippen LogP contribution in [0, 0.1) is 6.92 Å². The minimum atomic E-state index is 0.226. The van der Waals surface area contributed by atoms with Crippen molar-refractivity contribution in [2.75, 3.05) is 13.2 Å². The minimum Gasteiger partial charge on any atom is -0.486 e. The summed E-state index contributed by atoms with van der Waals surface area (Å²) in [5, 5.41) is 0. The maximum Gasteiger partial charge on any atom is 0.162 e. The van der Waals surface area contributed by atoms with Gasteiger partial charge in [-0.2, -0.15) is 0 Å². The Morgan fingerprint density at radius 3 is 2.52 bits per heavy atom. The lowest BCUT2D eigenvalue weighted by atomic mass is 10.0. The van der Waals surface area contributed by atoms with E-state index < -0.39 is 0 Å². The first-order valence-corrected chi connectivity index (χ1v) is 8.63. The highest BCUT2D eigenvalue weighted by atomic mass is 79.9. The molecule has 0 aromatic heterocycles. The molecule has 110 valence electrons. The lowest BCUT2D eigenvalue weighted by Crippen LogP contribution is -2.15. The Morgan fingerprint density at radius 2 is 1.81 bits per heavy atom. The Labute approximate surface area is 141 Å². The standard InChI is InChI=1S/C17H16Br2O2/c1-11-3-2-4-12(7-11)8-14(18)13-9-16-17(10-15(13)19)21-6-5-20-16/h2-4,7,9-10,14H,5-6,8H2,1H3. The van der Waals surface area contributed by atoms with Crippen LogP contribution in [0.3, 0.4) is 0 Å². The third-order valence-corrected chi connectivity index (χ3v) is 5.00. The van der Waals surface area contributed by atoms with E-state index in [-0.39, 0.29) is 4.83 Å². The van der Waals surface area contributed by atoms with Crippen LogP contribution in [-0.4, -0.2) is 13.2 Å². The zero-order valence-corrected chi connectivity index (χ0v) is 14.9. The van der Waals surface area contributed by atoms with Crippen LogP contribution in [0.2, 0.25) is 0 Å². The van der Waals surface area contributed by atoms with Gasteiger partial charge in [-0.25, -0.2) is 0 Å². The number of fused-ring (bicyclic) bond motifs is 1. The highest BCUT2D eigenvalue weighted by molar-refractivity contribution is 9.11. The smallest absolute Gasteiger partial charge is 0.162 e. The Morgan fingerprint density at radius 1 is 1.10 bits per heavy atom. The molecule has 3 rings (SSSR count). The van der Waals surface area contributed by atoms with E-state index in [0.717, 1.165) is 22.4 Å². The molecule has 0 bridgehead atoms. The molecular formula is C17H16Br2O2. The van der Waals surface area contributed by atoms with Crippen LogP contribution in [0.25, 0.3) is 0 Å². The van der Waals surface area contributed by atoms with E-state index in [1.165, 1.54) is 16.7 Å². The summed E-state index contributed by atoms with van der Waals surface area (Å²) >= 11 is 7.44. The number of aryl methyl sites for hydroxylation is 1. The van der Waals surface area contributed by atoms with Gasteiger partial charge in [-0.15, -0.1) is 0 Å². The monoisotopic (exact) mass is 410 g/mol. The van der Waals surface area contributed by atoms with Crippen LogP contribution < -0.4 is 9.47 Å². The quantitative estimate of drug-likeness (QED) is 0.645. The molecule has 2 nitrogen and oxygen atoms in total. The van der Waals surface area contributed by atoms with Crippen LogP contribution in [0.15, 0.2) is 40.9 Å². The molecule has 0 fully saturated rings. The van der Waals surface area contributed by atoms with E-state index in [1.54, 1.807) is 0 Å². The Hall–Kier alpha value is -1.00. The third kappa shape index (κ3) is 3.43. The second-order valence-electron chi connectivity index (χ2n) is 5.18. The van der Waals surface area contributed by atoms with Crippen LogP contribution in [0.4, 0.5) is 0 Å². The van der Waals surface area contributed by atoms with Crippen molar-refractivity contribution in [3.05, 3.63) is 57.6 Å². The summed E-state index contributed by atoms with van der Waals surface area (Å²) in [4.78, 5) is 0.226. The molecule has 0 radical (unpaired) electrons. The van der Waals surface area contributed by atoms with Gasteiger partial charge in [-0.05, 0) is 36.6 Å². The number of hydrogen-bond donors (Lipinski definition) is 0. The minimum absolute atomic E-state index is 0.226. The number of alkyl halides is 1. The summed E-state index contributed by atoms with van der Waals surface area (Å²) in [7, 11) is 0. The fourth-order valence-electron chi connectivity index (χ4n) is 2.48. The van der Waals surface area contributed by atoms with E-state index >= 15 is 0 Å². The van der Waals surface area contributed by atoms with E-state index in [2.05, 4.69) is 69.1 Å². The van der Waals surface area contributed by atoms with Gasteiger partial charge in [0.05, 0.1) is 0 Å². The van der Waals surface area contributed by atoms with Gasteiger partial charge in [0.2, 0.25) is 0 Å². The molecule has 0 saturated carbocycles. The Bertz CT molecular complexity index is 655. The molecule has 1 aliphatic heterocycles. The normalized spacial score (nSPS) is 14.8. The number of hydrogen-bond acceptors (Lipinski definition) is 2. The van der Waals surface area contributed by atoms with Crippen LogP contribution >= 0.6 is 31.9 Å². The van der Waals surface area contributed by atoms with Gasteiger partial charge < -0.3 is 9.47 Å². The summed E-state index contributed by atoms with van der Waals surface area (Å²) in [6, 6.07) is 12.7. The van der Waals surface area contributed by atoms with Crippen LogP contribution in [0.1, 0.15) is 21.5 Å². The van der Waals surface area contributed by atoms with Crippen molar-refractivity contribution in [2.45, 2.75) is 18.2 Å². The van der Waals surface area contributed by atoms with Gasteiger partial charge in [0.15, 0.2) is 11.5 Å². The largest absolute Gasteiger partial charge is 0.486 e. The molecule has 1 atom stereocenters. The molecule has 21 heavy (non-hydrogen) atoms. The highest BCUT2D eigenvalue weighted by Gasteiger charge is 2.19. The number of ether oxygens (including phenoxy) is 2. The maximum absolute atomic E-state index is 5.67. The fourth-order valence-corrected chi connectivity index (χ4v) is 4.13. The van der Waals surface area contributed by atoms with Gasteiger partial charge in [0.1, 0.15) is 13.2 Å². The summed E-state index contributed by atoms with van der Waals surface area (Å²) in [6.45, 7) is 3.34. The first-order valence-electron chi connectivity index (χ1n) is 6.92. The van der Waals surface area contributed by atoms with Crippen molar-refractivity contribution in [2.24, 2.45) is 0 Å². The average Bonchev–Trinajstić information content (AvgIpc) is 2.46. The van der Waals surface area contributed by atoms with E-state index in [9.17, 15) is 0 Å². The average molecular weight is 412 g/mol. The van der Waals surface area contributed by atoms with Crippen molar-refractivity contribution in [3.63, 3.8) is 0 Å². The maximum atomic E-state index is 5.67. The zero-order valence-electron chi connectivity index (χ0n) is 11.7. The molecule has 2 aromatic carbocycles. The van der Waals surface area contributed by atoms with Crippen molar-refractivity contribution in [1.82, 2.24) is 0 Å². The van der Waals surface area contributed by atoms with E-state index in [0.29, 0.717) is 13.2 Å². The lowest BCUT2D eigenvalue weighted by Gasteiger charge is -2.21. The molecule has 0 saturated heterocycles. The summed E-state index contributed by atoms with van der Waals surface area (Å²) in [5.74, 6) is 1.64. The second kappa shape index (κ2) is 6.41. The lowest BCUT2D eigenvalue weighted by molar-refractivity contribution is 0.171. The fraction of sp³-hybridized carbons (Fsp3) is 0.294. The molecule has 2 aromatic rings. The second-order valence-corrected chi connectivity index (χ2v) is 7.14. The molecule has 0 aliphatic carbocycles. The topological polar surface area (TPSA) is 18.5 Å². The van der Waals surface area contributed by atoms with Gasteiger partial charge in [0, 0.05) is 9.30 Å². The Kier molecular flexibility index (Phi) is 4.55. The first kappa shape index (κ1) is 14.9. The molecule has 0 spiro atoms. The Balaban J connectivity index is 1.85. The van der Waals surface area contributed by atoms with Gasteiger partial charge in [-0.1, -0.05) is 61.7 Å². The summed E-state index contributed by atoms with van der Waals surface area (Å²) in [5.41, 5.74) is 3.79. The van der Waals surface area contributed by atoms with Crippen molar-refractivity contribution in [3.8, 4) is 11.5 Å². The highest BCUT2D eigenvalue weighted by Crippen LogP contribution is 2.41. The van der Waals surface area contributed by atoms with Crippen molar-refractivity contribution in [1.29, 1.82) is 0 Å². The third-order valence-electron chi connectivity index (χ3n) is 3.50. The van der Waals surface area contributed by atoms with Crippen LogP contribution in [0.5, 0.6) is 11.5 Å². The predicted octanol–water partition coefficient (Wildman–Crippen LogP) is 5.21. The van der Waals surface area contributed by atoms with E-state index in [1.807, 2.05) is 6.07 Å². The number of benzene rings is 2. The van der Waals surface area contributed by atoms with E-state index in [4.69, 9.17) is 9.47 Å². The van der Waals surface area contributed by atoms with Crippen molar-refractivity contribution < 1.29 is 9.47 Å². The molecule has 0 N–H and O–H groups in total. The molecule has 1 heterocycles. The molecule has 1 aliphatic rings.